The Morgan fingerprint density at radius 3 is 1.89 bits per heavy atom. The van der Waals surface area contributed by atoms with Crippen LogP contribution in [0.1, 0.15) is 42.1 Å². The fraction of sp³-hybridized carbons (Fsp3) is 0.533. The summed E-state index contributed by atoms with van der Waals surface area (Å²) in [5.41, 5.74) is 1.41. The van der Waals surface area contributed by atoms with Gasteiger partial charge in [0.15, 0.2) is 0 Å². The van der Waals surface area contributed by atoms with Gasteiger partial charge in [0, 0.05) is 13.2 Å². The Bertz CT molecular complexity index is 340. The van der Waals surface area contributed by atoms with E-state index in [1.807, 2.05) is 6.92 Å². The Labute approximate surface area is 114 Å². The van der Waals surface area contributed by atoms with Crippen molar-refractivity contribution in [2.75, 3.05) is 13.2 Å². The summed E-state index contributed by atoms with van der Waals surface area (Å²) in [7, 11) is 0. The van der Waals surface area contributed by atoms with E-state index in [-0.39, 0.29) is 13.2 Å². The number of hydrogen-bond donors (Lipinski definition) is 3. The van der Waals surface area contributed by atoms with Crippen LogP contribution in [-0.2, 0) is 0 Å². The van der Waals surface area contributed by atoms with Gasteiger partial charge >= 0.3 is 5.97 Å². The number of aromatic carboxylic acids is 1. The number of aliphatic hydroxyl groups excluding tert-OH is 2. The summed E-state index contributed by atoms with van der Waals surface area (Å²) in [6.45, 7) is 4.50. The average Bonchev–Trinajstić information content (AvgIpc) is 2.39. The number of carboxylic acids is 1. The zero-order chi connectivity index (χ0) is 14.7. The quantitative estimate of drug-likeness (QED) is 0.740. The maximum Gasteiger partial charge on any atom is 0.335 e. The molecule has 19 heavy (non-hydrogen) atoms. The van der Waals surface area contributed by atoms with Crippen LogP contribution < -0.4 is 0 Å². The normalized spacial score (nSPS) is 9.95. The molecule has 4 heteroatoms. The zero-order valence-corrected chi connectivity index (χ0v) is 11.7. The molecular formula is C15H24O4. The first kappa shape index (κ1) is 17.6. The number of carbonyl (C=O) groups is 1. The van der Waals surface area contributed by atoms with Crippen LogP contribution >= 0.6 is 0 Å². The van der Waals surface area contributed by atoms with Crippen LogP contribution in [0, 0.1) is 12.8 Å². The summed E-state index contributed by atoms with van der Waals surface area (Å²) in [5.74, 6) is -0.361. The lowest BCUT2D eigenvalue weighted by molar-refractivity contribution is 0.0697. The van der Waals surface area contributed by atoms with Gasteiger partial charge in [-0.2, -0.15) is 0 Å². The second kappa shape index (κ2) is 10.5. The molecule has 0 spiro atoms. The highest BCUT2D eigenvalue weighted by atomic mass is 16.4. The first-order chi connectivity index (χ1) is 9.04. The molecule has 0 radical (unpaired) electrons. The van der Waals surface area contributed by atoms with Crippen molar-refractivity contribution in [3.8, 4) is 0 Å². The highest BCUT2D eigenvalue weighted by Gasteiger charge is 2.02. The number of aliphatic hydroxyl groups is 2. The van der Waals surface area contributed by atoms with Crippen molar-refractivity contribution in [1.82, 2.24) is 0 Å². The predicted octanol–water partition coefficient (Wildman–Crippen LogP) is 2.47. The lowest BCUT2D eigenvalue weighted by Crippen LogP contribution is -2.03. The molecular weight excluding hydrogens is 244 g/mol. The van der Waals surface area contributed by atoms with E-state index in [1.54, 1.807) is 24.3 Å². The Morgan fingerprint density at radius 1 is 1.11 bits per heavy atom. The van der Waals surface area contributed by atoms with E-state index in [4.69, 9.17) is 15.3 Å². The predicted molar refractivity (Wildman–Crippen MR) is 75.3 cm³/mol. The molecule has 0 saturated carbocycles. The molecule has 0 saturated heterocycles. The van der Waals surface area contributed by atoms with Crippen molar-refractivity contribution in [3.63, 3.8) is 0 Å². The Hall–Kier alpha value is -1.39. The molecule has 0 heterocycles. The van der Waals surface area contributed by atoms with Gasteiger partial charge in [-0.25, -0.2) is 4.79 Å². The van der Waals surface area contributed by atoms with Gasteiger partial charge in [-0.3, -0.25) is 0 Å². The van der Waals surface area contributed by atoms with Crippen molar-refractivity contribution < 1.29 is 20.1 Å². The standard InChI is InChI=1S/C8H8O2.C7H16O2/c1-6-2-4-7(5-3-6)8(9)10;1-2-7(3-5-8)4-6-9/h2-5H,1H3,(H,9,10);7-9H,2-6H2,1H3. The van der Waals surface area contributed by atoms with Gasteiger partial charge in [0.2, 0.25) is 0 Å². The molecule has 4 nitrogen and oxygen atoms in total. The molecule has 0 atom stereocenters. The van der Waals surface area contributed by atoms with E-state index in [0.29, 0.717) is 11.5 Å². The number of hydrogen-bond acceptors (Lipinski definition) is 3. The number of carboxylic acid groups (broad SMARTS) is 1. The number of aryl methyl sites for hydroxylation is 1. The molecule has 0 aliphatic carbocycles. The van der Waals surface area contributed by atoms with Crippen molar-refractivity contribution >= 4 is 5.97 Å². The van der Waals surface area contributed by atoms with Crippen LogP contribution in [0.3, 0.4) is 0 Å². The highest BCUT2D eigenvalue weighted by molar-refractivity contribution is 5.87. The lowest BCUT2D eigenvalue weighted by atomic mass is 10.00. The van der Waals surface area contributed by atoms with E-state index >= 15 is 0 Å². The van der Waals surface area contributed by atoms with Crippen molar-refractivity contribution in [2.45, 2.75) is 33.1 Å². The number of rotatable bonds is 6. The molecule has 1 aromatic carbocycles. The minimum absolute atomic E-state index is 0.249. The van der Waals surface area contributed by atoms with Crippen LogP contribution in [0.2, 0.25) is 0 Å². The van der Waals surface area contributed by atoms with Crippen LogP contribution in [0.4, 0.5) is 0 Å². The Kier molecular flexibility index (Phi) is 9.75. The monoisotopic (exact) mass is 268 g/mol. The Balaban J connectivity index is 0.000000344. The maximum atomic E-state index is 10.3. The SMILES string of the molecule is CCC(CCO)CCO.Cc1ccc(C(=O)O)cc1. The third-order valence-electron chi connectivity index (χ3n) is 2.95. The topological polar surface area (TPSA) is 77.8 Å². The van der Waals surface area contributed by atoms with Crippen LogP contribution in [0.25, 0.3) is 0 Å². The largest absolute Gasteiger partial charge is 0.478 e. The van der Waals surface area contributed by atoms with Crippen LogP contribution in [0.5, 0.6) is 0 Å². The molecule has 1 rings (SSSR count). The molecule has 0 unspecified atom stereocenters. The highest BCUT2D eigenvalue weighted by Crippen LogP contribution is 2.10. The van der Waals surface area contributed by atoms with E-state index in [9.17, 15) is 4.79 Å². The summed E-state index contributed by atoms with van der Waals surface area (Å²) in [4.78, 5) is 10.3. The molecule has 1 aromatic rings. The molecule has 0 aliphatic heterocycles. The third-order valence-corrected chi connectivity index (χ3v) is 2.95. The van der Waals surface area contributed by atoms with Crippen molar-refractivity contribution in [2.24, 2.45) is 5.92 Å². The first-order valence-electron chi connectivity index (χ1n) is 6.56. The molecule has 0 bridgehead atoms. The molecule has 0 aliphatic rings. The fourth-order valence-electron chi connectivity index (χ4n) is 1.61. The second-order valence-electron chi connectivity index (χ2n) is 4.47. The van der Waals surface area contributed by atoms with Gasteiger partial charge in [-0.15, -0.1) is 0 Å². The van der Waals surface area contributed by atoms with Crippen LogP contribution in [0.15, 0.2) is 24.3 Å². The summed E-state index contributed by atoms with van der Waals surface area (Å²) in [6.07, 6.45) is 2.72. The van der Waals surface area contributed by atoms with E-state index in [0.717, 1.165) is 24.8 Å². The Morgan fingerprint density at radius 2 is 1.58 bits per heavy atom. The van der Waals surface area contributed by atoms with Gasteiger partial charge in [0.05, 0.1) is 5.56 Å². The van der Waals surface area contributed by atoms with Gasteiger partial charge in [-0.1, -0.05) is 31.0 Å². The average molecular weight is 268 g/mol. The fourth-order valence-corrected chi connectivity index (χ4v) is 1.61. The summed E-state index contributed by atoms with van der Waals surface area (Å²) in [5, 5.41) is 25.5. The van der Waals surface area contributed by atoms with Crippen molar-refractivity contribution in [1.29, 1.82) is 0 Å². The van der Waals surface area contributed by atoms with Crippen LogP contribution in [-0.4, -0.2) is 34.5 Å². The third kappa shape index (κ3) is 8.35. The second-order valence-corrected chi connectivity index (χ2v) is 4.47. The zero-order valence-electron chi connectivity index (χ0n) is 11.7. The molecule has 3 N–H and O–H groups in total. The van der Waals surface area contributed by atoms with E-state index in [2.05, 4.69) is 6.92 Å². The summed E-state index contributed by atoms with van der Waals surface area (Å²) < 4.78 is 0. The van der Waals surface area contributed by atoms with Gasteiger partial charge in [0.25, 0.3) is 0 Å². The smallest absolute Gasteiger partial charge is 0.335 e. The molecule has 108 valence electrons. The van der Waals surface area contributed by atoms with E-state index < -0.39 is 5.97 Å². The maximum absolute atomic E-state index is 10.3. The lowest BCUT2D eigenvalue weighted by Gasteiger charge is -2.09. The van der Waals surface area contributed by atoms with E-state index in [1.165, 1.54) is 0 Å². The van der Waals surface area contributed by atoms with Crippen molar-refractivity contribution in [3.05, 3.63) is 35.4 Å². The first-order valence-corrected chi connectivity index (χ1v) is 6.56. The summed E-state index contributed by atoms with van der Waals surface area (Å²) in [6, 6.07) is 6.75. The van der Waals surface area contributed by atoms with Gasteiger partial charge in [0.1, 0.15) is 0 Å². The summed E-state index contributed by atoms with van der Waals surface area (Å²) >= 11 is 0. The van der Waals surface area contributed by atoms with Gasteiger partial charge < -0.3 is 15.3 Å². The molecule has 0 fully saturated rings. The minimum atomic E-state index is -0.875. The molecule has 0 aromatic heterocycles. The number of benzene rings is 1. The molecule has 0 amide bonds. The minimum Gasteiger partial charge on any atom is -0.478 e. The van der Waals surface area contributed by atoms with Gasteiger partial charge in [-0.05, 0) is 37.8 Å².